The zero-order valence-corrected chi connectivity index (χ0v) is 13.6. The van der Waals surface area contributed by atoms with Crippen molar-refractivity contribution >= 4 is 0 Å². The summed E-state index contributed by atoms with van der Waals surface area (Å²) in [5, 5.41) is 0. The number of benzene rings is 1. The molecule has 0 aromatic heterocycles. The van der Waals surface area contributed by atoms with E-state index in [4.69, 9.17) is 14.2 Å². The van der Waals surface area contributed by atoms with Crippen LogP contribution in [0.3, 0.4) is 0 Å². The predicted octanol–water partition coefficient (Wildman–Crippen LogP) is 4.54. The lowest BCUT2D eigenvalue weighted by Gasteiger charge is -2.21. The maximum Gasteiger partial charge on any atom is 0.158 e. The monoisotopic (exact) mass is 304 g/mol. The van der Waals surface area contributed by atoms with E-state index in [0.29, 0.717) is 12.5 Å². The van der Waals surface area contributed by atoms with Crippen molar-refractivity contribution in [3.05, 3.63) is 29.8 Å². The number of rotatable bonds is 6. The van der Waals surface area contributed by atoms with Crippen LogP contribution in [0.1, 0.15) is 51.0 Å². The van der Waals surface area contributed by atoms with Crippen molar-refractivity contribution in [3.8, 4) is 5.75 Å². The number of hydrogen-bond donors (Lipinski definition) is 0. The number of ether oxygens (including phenoxy) is 3. The van der Waals surface area contributed by atoms with Crippen molar-refractivity contribution in [2.75, 3.05) is 13.2 Å². The fraction of sp³-hybridized carbons (Fsp3) is 0.684. The van der Waals surface area contributed by atoms with Gasteiger partial charge in [0.05, 0.1) is 19.8 Å². The summed E-state index contributed by atoms with van der Waals surface area (Å²) in [6.07, 6.45) is 7.72. The Morgan fingerprint density at radius 3 is 2.82 bits per heavy atom. The molecule has 2 atom stereocenters. The first-order valence-corrected chi connectivity index (χ1v) is 8.74. The predicted molar refractivity (Wildman–Crippen MR) is 86.8 cm³/mol. The van der Waals surface area contributed by atoms with Crippen molar-refractivity contribution in [2.24, 2.45) is 11.8 Å². The van der Waals surface area contributed by atoms with E-state index < -0.39 is 0 Å². The van der Waals surface area contributed by atoms with Crippen molar-refractivity contribution < 1.29 is 14.2 Å². The Hall–Kier alpha value is -1.06. The van der Waals surface area contributed by atoms with Crippen LogP contribution >= 0.6 is 0 Å². The molecule has 122 valence electrons. The molecule has 3 rings (SSSR count). The lowest BCUT2D eigenvalue weighted by atomic mass is 9.90. The quantitative estimate of drug-likeness (QED) is 0.772. The summed E-state index contributed by atoms with van der Waals surface area (Å²) in [6.45, 7) is 4.46. The summed E-state index contributed by atoms with van der Waals surface area (Å²) in [5.41, 5.74) is 1.16. The van der Waals surface area contributed by atoms with Gasteiger partial charge in [0.2, 0.25) is 0 Å². The van der Waals surface area contributed by atoms with Crippen LogP contribution in [0.5, 0.6) is 5.75 Å². The van der Waals surface area contributed by atoms with Gasteiger partial charge in [-0.1, -0.05) is 38.3 Å². The zero-order valence-electron chi connectivity index (χ0n) is 13.6. The molecule has 1 aromatic rings. The minimum absolute atomic E-state index is 0.0400. The Bertz CT molecular complexity index is 430. The highest BCUT2D eigenvalue weighted by atomic mass is 16.7. The average molecular weight is 304 g/mol. The Morgan fingerprint density at radius 1 is 1.18 bits per heavy atom. The second kappa shape index (κ2) is 7.98. The highest BCUT2D eigenvalue weighted by molar-refractivity contribution is 5.28. The Labute approximate surface area is 134 Å². The molecule has 1 aromatic carbocycles. The molecule has 3 heteroatoms. The molecule has 1 heterocycles. The van der Waals surface area contributed by atoms with E-state index in [9.17, 15) is 0 Å². The summed E-state index contributed by atoms with van der Waals surface area (Å²) in [5.74, 6) is 2.31. The van der Waals surface area contributed by atoms with Crippen molar-refractivity contribution in [1.29, 1.82) is 0 Å². The second-order valence-corrected chi connectivity index (χ2v) is 6.88. The highest BCUT2D eigenvalue weighted by Crippen LogP contribution is 2.25. The van der Waals surface area contributed by atoms with E-state index >= 15 is 0 Å². The van der Waals surface area contributed by atoms with Gasteiger partial charge >= 0.3 is 0 Å². The smallest absolute Gasteiger partial charge is 0.158 e. The van der Waals surface area contributed by atoms with Crippen molar-refractivity contribution in [3.63, 3.8) is 0 Å². The van der Waals surface area contributed by atoms with Gasteiger partial charge in [0.25, 0.3) is 0 Å². The Morgan fingerprint density at radius 2 is 2.05 bits per heavy atom. The maximum absolute atomic E-state index is 5.99. The molecule has 0 amide bonds. The van der Waals surface area contributed by atoms with Crippen LogP contribution in [-0.2, 0) is 16.1 Å². The van der Waals surface area contributed by atoms with Gasteiger partial charge in [0.1, 0.15) is 5.75 Å². The molecule has 2 aliphatic rings. The topological polar surface area (TPSA) is 27.7 Å². The third-order valence-corrected chi connectivity index (χ3v) is 4.71. The van der Waals surface area contributed by atoms with Gasteiger partial charge in [-0.15, -0.1) is 0 Å². The van der Waals surface area contributed by atoms with Gasteiger partial charge in [0.15, 0.2) is 6.29 Å². The van der Waals surface area contributed by atoms with Crippen LogP contribution in [0.4, 0.5) is 0 Å². The molecular formula is C19H28O3. The molecule has 1 aliphatic carbocycles. The van der Waals surface area contributed by atoms with Gasteiger partial charge in [0, 0.05) is 6.42 Å². The van der Waals surface area contributed by atoms with Gasteiger partial charge in [-0.3, -0.25) is 0 Å². The zero-order chi connectivity index (χ0) is 15.2. The SMILES string of the molecule is C[C@H]1COC(OCc2cccc(OCC3CCCCC3)c2)C1. The molecular weight excluding hydrogens is 276 g/mol. The van der Waals surface area contributed by atoms with Crippen molar-refractivity contribution in [2.45, 2.75) is 58.3 Å². The Balaban J connectivity index is 1.44. The third-order valence-electron chi connectivity index (χ3n) is 4.71. The second-order valence-electron chi connectivity index (χ2n) is 6.88. The van der Waals surface area contributed by atoms with Crippen LogP contribution in [0.2, 0.25) is 0 Å². The average Bonchev–Trinajstić information content (AvgIpc) is 2.98. The fourth-order valence-electron chi connectivity index (χ4n) is 3.33. The minimum atomic E-state index is -0.0400. The van der Waals surface area contributed by atoms with Gasteiger partial charge in [-0.2, -0.15) is 0 Å². The van der Waals surface area contributed by atoms with Gasteiger partial charge in [-0.05, 0) is 42.4 Å². The molecule has 1 unspecified atom stereocenters. The van der Waals surface area contributed by atoms with Crippen LogP contribution in [0.25, 0.3) is 0 Å². The lowest BCUT2D eigenvalue weighted by Crippen LogP contribution is -2.15. The summed E-state index contributed by atoms with van der Waals surface area (Å²) in [4.78, 5) is 0. The molecule has 0 bridgehead atoms. The first-order chi connectivity index (χ1) is 10.8. The van der Waals surface area contributed by atoms with E-state index in [1.54, 1.807) is 0 Å². The van der Waals surface area contributed by atoms with E-state index in [0.717, 1.165) is 36.9 Å². The van der Waals surface area contributed by atoms with E-state index in [2.05, 4.69) is 19.1 Å². The van der Waals surface area contributed by atoms with E-state index in [1.807, 2.05) is 12.1 Å². The number of hydrogen-bond acceptors (Lipinski definition) is 3. The van der Waals surface area contributed by atoms with Crippen LogP contribution < -0.4 is 4.74 Å². The molecule has 0 spiro atoms. The van der Waals surface area contributed by atoms with Crippen LogP contribution in [-0.4, -0.2) is 19.5 Å². The standard InChI is InChI=1S/C19H28O3/c1-15-10-19(21-12-15)22-14-17-8-5-9-18(11-17)20-13-16-6-3-2-4-7-16/h5,8-9,11,15-16,19H,2-4,6-7,10,12-14H2,1H3/t15-,19?/m1/s1. The van der Waals surface area contributed by atoms with Gasteiger partial charge in [-0.25, -0.2) is 0 Å². The molecule has 0 N–H and O–H groups in total. The van der Waals surface area contributed by atoms with Crippen molar-refractivity contribution in [1.82, 2.24) is 0 Å². The molecule has 0 radical (unpaired) electrons. The summed E-state index contributed by atoms with van der Waals surface area (Å²) < 4.78 is 17.4. The molecule has 1 aliphatic heterocycles. The Kier molecular flexibility index (Phi) is 5.74. The van der Waals surface area contributed by atoms with Crippen LogP contribution in [0.15, 0.2) is 24.3 Å². The minimum Gasteiger partial charge on any atom is -0.493 e. The summed E-state index contributed by atoms with van der Waals surface area (Å²) in [6, 6.07) is 8.28. The molecule has 3 nitrogen and oxygen atoms in total. The maximum atomic E-state index is 5.99. The first kappa shape index (κ1) is 15.8. The van der Waals surface area contributed by atoms with Crippen LogP contribution in [0, 0.1) is 11.8 Å². The van der Waals surface area contributed by atoms with E-state index in [-0.39, 0.29) is 6.29 Å². The third kappa shape index (κ3) is 4.72. The molecule has 1 saturated carbocycles. The fourth-order valence-corrected chi connectivity index (χ4v) is 3.33. The highest BCUT2D eigenvalue weighted by Gasteiger charge is 2.22. The van der Waals surface area contributed by atoms with Gasteiger partial charge < -0.3 is 14.2 Å². The lowest BCUT2D eigenvalue weighted by molar-refractivity contribution is -0.118. The molecule has 1 saturated heterocycles. The summed E-state index contributed by atoms with van der Waals surface area (Å²) >= 11 is 0. The largest absolute Gasteiger partial charge is 0.493 e. The van der Waals surface area contributed by atoms with E-state index in [1.165, 1.54) is 32.1 Å². The normalized spacial score (nSPS) is 26.2. The molecule has 2 fully saturated rings. The first-order valence-electron chi connectivity index (χ1n) is 8.74. The summed E-state index contributed by atoms with van der Waals surface area (Å²) in [7, 11) is 0. The molecule has 22 heavy (non-hydrogen) atoms.